The molecular weight excluding hydrogens is 174 g/mol. The molecule has 0 amide bonds. The zero-order valence-electron chi connectivity index (χ0n) is 9.45. The van der Waals surface area contributed by atoms with Crippen LogP contribution in [0.15, 0.2) is 12.4 Å². The van der Waals surface area contributed by atoms with Crippen LogP contribution in [-0.4, -0.2) is 15.8 Å². The average Bonchev–Trinajstić information content (AvgIpc) is 2.63. The summed E-state index contributed by atoms with van der Waals surface area (Å²) in [4.78, 5) is 0. The molecule has 80 valence electrons. The molecule has 14 heavy (non-hydrogen) atoms. The van der Waals surface area contributed by atoms with Crippen molar-refractivity contribution in [2.24, 2.45) is 0 Å². The molecule has 3 nitrogen and oxygen atoms in total. The summed E-state index contributed by atoms with van der Waals surface area (Å²) in [5, 5.41) is 7.72. The van der Waals surface area contributed by atoms with Gasteiger partial charge < -0.3 is 5.32 Å². The Morgan fingerprint density at radius 2 is 2.29 bits per heavy atom. The Labute approximate surface area is 86.5 Å². The number of aromatic nitrogens is 2. The van der Waals surface area contributed by atoms with Gasteiger partial charge in [-0.1, -0.05) is 13.3 Å². The molecule has 1 aromatic rings. The second kappa shape index (κ2) is 5.81. The van der Waals surface area contributed by atoms with E-state index in [1.807, 2.05) is 10.9 Å². The maximum atomic E-state index is 4.24. The van der Waals surface area contributed by atoms with Crippen LogP contribution in [0.5, 0.6) is 0 Å². The molecule has 1 N–H and O–H groups in total. The summed E-state index contributed by atoms with van der Waals surface area (Å²) in [5.41, 5.74) is 1.27. The molecule has 0 bridgehead atoms. The number of rotatable bonds is 6. The van der Waals surface area contributed by atoms with E-state index in [4.69, 9.17) is 0 Å². The second-order valence-electron chi connectivity index (χ2n) is 3.77. The van der Waals surface area contributed by atoms with Crippen molar-refractivity contribution in [1.82, 2.24) is 15.1 Å². The van der Waals surface area contributed by atoms with Crippen LogP contribution < -0.4 is 5.32 Å². The van der Waals surface area contributed by atoms with Gasteiger partial charge in [-0.3, -0.25) is 4.68 Å². The van der Waals surface area contributed by atoms with E-state index >= 15 is 0 Å². The van der Waals surface area contributed by atoms with E-state index in [0.29, 0.717) is 6.04 Å². The lowest BCUT2D eigenvalue weighted by Gasteiger charge is -2.10. The Hall–Kier alpha value is -0.830. The molecule has 1 aromatic heterocycles. The number of hydrogen-bond acceptors (Lipinski definition) is 2. The molecule has 0 saturated heterocycles. The topological polar surface area (TPSA) is 29.9 Å². The van der Waals surface area contributed by atoms with E-state index in [1.54, 1.807) is 0 Å². The van der Waals surface area contributed by atoms with Gasteiger partial charge in [-0.15, -0.1) is 0 Å². The van der Waals surface area contributed by atoms with Gasteiger partial charge in [-0.25, -0.2) is 0 Å². The summed E-state index contributed by atoms with van der Waals surface area (Å²) < 4.78 is 1.96. The van der Waals surface area contributed by atoms with Gasteiger partial charge in [0.25, 0.3) is 0 Å². The van der Waals surface area contributed by atoms with E-state index in [-0.39, 0.29) is 0 Å². The second-order valence-corrected chi connectivity index (χ2v) is 3.77. The zero-order valence-corrected chi connectivity index (χ0v) is 9.45. The van der Waals surface area contributed by atoms with Gasteiger partial charge in [0.2, 0.25) is 0 Å². The van der Waals surface area contributed by atoms with Crippen molar-refractivity contribution in [3.8, 4) is 0 Å². The number of hydrogen-bond donors (Lipinski definition) is 1. The van der Waals surface area contributed by atoms with Crippen LogP contribution in [0.2, 0.25) is 0 Å². The highest BCUT2D eigenvalue weighted by Crippen LogP contribution is 2.00. The SMILES string of the molecule is CCCC(C)NCc1cnn(CC)c1. The molecule has 1 heterocycles. The summed E-state index contributed by atoms with van der Waals surface area (Å²) in [7, 11) is 0. The monoisotopic (exact) mass is 195 g/mol. The van der Waals surface area contributed by atoms with E-state index in [2.05, 4.69) is 37.4 Å². The molecule has 0 aliphatic rings. The van der Waals surface area contributed by atoms with Crippen molar-refractivity contribution in [3.05, 3.63) is 18.0 Å². The Morgan fingerprint density at radius 1 is 1.50 bits per heavy atom. The molecule has 0 spiro atoms. The molecule has 0 aliphatic carbocycles. The summed E-state index contributed by atoms with van der Waals surface area (Å²) in [6.07, 6.45) is 6.52. The first-order valence-corrected chi connectivity index (χ1v) is 5.51. The molecule has 0 radical (unpaired) electrons. The van der Waals surface area contributed by atoms with Crippen LogP contribution >= 0.6 is 0 Å². The Morgan fingerprint density at radius 3 is 2.86 bits per heavy atom. The standard InChI is InChI=1S/C11H21N3/c1-4-6-10(3)12-7-11-8-13-14(5-2)9-11/h8-10,12H,4-7H2,1-3H3. The van der Waals surface area contributed by atoms with Gasteiger partial charge in [-0.05, 0) is 20.3 Å². The number of nitrogens with zero attached hydrogens (tertiary/aromatic N) is 2. The third kappa shape index (κ3) is 3.50. The third-order valence-electron chi connectivity index (χ3n) is 2.39. The molecule has 0 fully saturated rings. The van der Waals surface area contributed by atoms with Crippen molar-refractivity contribution in [2.75, 3.05) is 0 Å². The van der Waals surface area contributed by atoms with Crippen molar-refractivity contribution >= 4 is 0 Å². The highest BCUT2D eigenvalue weighted by Gasteiger charge is 2.01. The van der Waals surface area contributed by atoms with Gasteiger partial charge in [0.1, 0.15) is 0 Å². The lowest BCUT2D eigenvalue weighted by Crippen LogP contribution is -2.24. The summed E-state index contributed by atoms with van der Waals surface area (Å²) in [6, 6.07) is 0.602. The van der Waals surface area contributed by atoms with Crippen LogP contribution in [0.4, 0.5) is 0 Å². The summed E-state index contributed by atoms with van der Waals surface area (Å²) >= 11 is 0. The van der Waals surface area contributed by atoms with E-state index in [9.17, 15) is 0 Å². The van der Waals surface area contributed by atoms with Crippen LogP contribution in [0.25, 0.3) is 0 Å². The van der Waals surface area contributed by atoms with Gasteiger partial charge in [0.05, 0.1) is 6.20 Å². The van der Waals surface area contributed by atoms with Crippen LogP contribution in [0.1, 0.15) is 39.2 Å². The van der Waals surface area contributed by atoms with Gasteiger partial charge in [0.15, 0.2) is 0 Å². The number of aryl methyl sites for hydroxylation is 1. The predicted octanol–water partition coefficient (Wildman–Crippen LogP) is 2.18. The average molecular weight is 195 g/mol. The zero-order chi connectivity index (χ0) is 10.4. The van der Waals surface area contributed by atoms with E-state index in [1.165, 1.54) is 18.4 Å². The molecule has 1 unspecified atom stereocenters. The van der Waals surface area contributed by atoms with Crippen molar-refractivity contribution in [1.29, 1.82) is 0 Å². The highest BCUT2D eigenvalue weighted by atomic mass is 15.3. The lowest BCUT2D eigenvalue weighted by atomic mass is 10.2. The largest absolute Gasteiger partial charge is 0.310 e. The Kier molecular flexibility index (Phi) is 4.66. The summed E-state index contributed by atoms with van der Waals surface area (Å²) in [5.74, 6) is 0. The fraction of sp³-hybridized carbons (Fsp3) is 0.727. The lowest BCUT2D eigenvalue weighted by molar-refractivity contribution is 0.508. The van der Waals surface area contributed by atoms with Gasteiger partial charge in [-0.2, -0.15) is 5.10 Å². The molecule has 0 saturated carbocycles. The molecule has 3 heteroatoms. The molecule has 0 aliphatic heterocycles. The Balaban J connectivity index is 2.30. The van der Waals surface area contributed by atoms with Crippen molar-refractivity contribution < 1.29 is 0 Å². The number of nitrogens with one attached hydrogen (secondary N) is 1. The first-order valence-electron chi connectivity index (χ1n) is 5.51. The van der Waals surface area contributed by atoms with E-state index in [0.717, 1.165) is 13.1 Å². The first-order chi connectivity index (χ1) is 6.76. The quantitative estimate of drug-likeness (QED) is 0.754. The molecule has 1 atom stereocenters. The van der Waals surface area contributed by atoms with Crippen LogP contribution in [-0.2, 0) is 13.1 Å². The summed E-state index contributed by atoms with van der Waals surface area (Å²) in [6.45, 7) is 8.43. The van der Waals surface area contributed by atoms with E-state index < -0.39 is 0 Å². The van der Waals surface area contributed by atoms with Crippen molar-refractivity contribution in [3.63, 3.8) is 0 Å². The molecule has 0 aromatic carbocycles. The minimum absolute atomic E-state index is 0.602. The normalized spacial score (nSPS) is 13.1. The fourth-order valence-electron chi connectivity index (χ4n) is 1.50. The van der Waals surface area contributed by atoms with Crippen LogP contribution in [0.3, 0.4) is 0 Å². The highest BCUT2D eigenvalue weighted by molar-refractivity contribution is 5.03. The minimum Gasteiger partial charge on any atom is -0.310 e. The predicted molar refractivity (Wildman–Crippen MR) is 59.1 cm³/mol. The smallest absolute Gasteiger partial charge is 0.0534 e. The fourth-order valence-corrected chi connectivity index (χ4v) is 1.50. The van der Waals surface area contributed by atoms with Crippen LogP contribution in [0, 0.1) is 0 Å². The molecular formula is C11H21N3. The maximum Gasteiger partial charge on any atom is 0.0534 e. The van der Waals surface area contributed by atoms with Gasteiger partial charge >= 0.3 is 0 Å². The van der Waals surface area contributed by atoms with Crippen molar-refractivity contribution in [2.45, 2.75) is 52.7 Å². The van der Waals surface area contributed by atoms with Gasteiger partial charge in [0, 0.05) is 30.9 Å². The Bertz CT molecular complexity index is 255. The molecule has 1 rings (SSSR count). The third-order valence-corrected chi connectivity index (χ3v) is 2.39. The minimum atomic E-state index is 0.602. The first kappa shape index (κ1) is 11.2. The maximum absolute atomic E-state index is 4.24.